The van der Waals surface area contributed by atoms with E-state index in [1.165, 1.54) is 48.7 Å². The molecule has 1 aliphatic carbocycles. The summed E-state index contributed by atoms with van der Waals surface area (Å²) in [6.45, 7) is 0. The van der Waals surface area contributed by atoms with Crippen molar-refractivity contribution >= 4 is 45.8 Å². The zero-order valence-electron chi connectivity index (χ0n) is 20.1. The number of amides is 2. The van der Waals surface area contributed by atoms with Gasteiger partial charge in [-0.05, 0) is 65.2 Å². The third kappa shape index (κ3) is 6.17. The molecule has 0 spiro atoms. The van der Waals surface area contributed by atoms with E-state index in [0.29, 0.717) is 5.69 Å². The molecule has 2 aromatic carbocycles. The molecule has 0 saturated carbocycles. The summed E-state index contributed by atoms with van der Waals surface area (Å²) < 4.78 is 32.4. The van der Waals surface area contributed by atoms with Crippen molar-refractivity contribution in [3.8, 4) is 0 Å². The lowest BCUT2D eigenvalue weighted by Gasteiger charge is -2.17. The zero-order valence-corrected chi connectivity index (χ0v) is 21.0. The molecule has 0 saturated heterocycles. The Hall–Kier alpha value is -4.68. The average molecular weight is 537 g/mol. The van der Waals surface area contributed by atoms with Crippen molar-refractivity contribution in [2.24, 2.45) is 4.99 Å². The number of hydrogen-bond donors (Lipinski definition) is 2. The van der Waals surface area contributed by atoms with Gasteiger partial charge in [-0.1, -0.05) is 10.5 Å². The van der Waals surface area contributed by atoms with E-state index in [-0.39, 0.29) is 33.3 Å². The topological polar surface area (TPSA) is 130 Å². The van der Waals surface area contributed by atoms with Gasteiger partial charge in [0.05, 0.1) is 34.0 Å². The van der Waals surface area contributed by atoms with Gasteiger partial charge in [0, 0.05) is 31.4 Å². The summed E-state index contributed by atoms with van der Waals surface area (Å²) in [4.78, 5) is 44.6. The number of ketones is 1. The molecule has 10 nitrogen and oxygen atoms in total. The summed E-state index contributed by atoms with van der Waals surface area (Å²) in [6.07, 6.45) is 3.78. The number of halogens is 1. The molecule has 2 N–H and O–H groups in total. The fourth-order valence-corrected chi connectivity index (χ4v) is 3.87. The highest BCUT2D eigenvalue weighted by atomic mass is 32.2. The van der Waals surface area contributed by atoms with E-state index in [4.69, 9.17) is 4.42 Å². The van der Waals surface area contributed by atoms with E-state index >= 15 is 0 Å². The molecule has 4 rings (SSSR count). The highest BCUT2D eigenvalue weighted by Crippen LogP contribution is 2.21. The van der Waals surface area contributed by atoms with Crippen molar-refractivity contribution in [2.45, 2.75) is 4.90 Å². The molecular weight excluding hydrogens is 515 g/mol. The Bertz CT molecular complexity index is 1490. The van der Waals surface area contributed by atoms with E-state index in [0.717, 1.165) is 11.8 Å². The number of rotatable bonds is 8. The van der Waals surface area contributed by atoms with Gasteiger partial charge in [-0.25, -0.2) is 9.20 Å². The molecule has 0 unspecified atom stereocenters. The van der Waals surface area contributed by atoms with Crippen LogP contribution >= 0.6 is 0 Å². The van der Waals surface area contributed by atoms with Crippen LogP contribution in [0.15, 0.2) is 105 Å². The first kappa shape index (κ1) is 26.4. The van der Waals surface area contributed by atoms with Crippen molar-refractivity contribution in [1.29, 1.82) is 0 Å². The van der Waals surface area contributed by atoms with Crippen LogP contribution < -0.4 is 15.5 Å². The number of carbonyl (C=O) groups is 3. The molecular formula is C26H21FN4O6S. The van der Waals surface area contributed by atoms with Crippen molar-refractivity contribution in [2.75, 3.05) is 19.0 Å². The van der Waals surface area contributed by atoms with Crippen molar-refractivity contribution in [1.82, 2.24) is 10.6 Å². The molecule has 1 aromatic heterocycles. The van der Waals surface area contributed by atoms with Crippen LogP contribution in [0.25, 0.3) is 0 Å². The standard InChI is InChI=1S/C26H21FN4O6S/c1-31(2)18-10-8-17(9-11-18)28-20-14-22(30-26(34)24-7-4-12-36-24)23(32)15-21(20)29-25(33)16-5-3-6-19(13-16)38(35)37-27/h3-15H,1-2H3,(H,29,33)(H,30,34)/t38-/m1/s1. The lowest BCUT2D eigenvalue weighted by atomic mass is 10.0. The quantitative estimate of drug-likeness (QED) is 0.421. The van der Waals surface area contributed by atoms with Crippen LogP contribution in [0.5, 0.6) is 0 Å². The number of nitrogens with one attached hydrogen (secondary N) is 2. The van der Waals surface area contributed by atoms with Gasteiger partial charge in [0.1, 0.15) is 0 Å². The van der Waals surface area contributed by atoms with E-state index in [9.17, 15) is 23.1 Å². The molecule has 38 heavy (non-hydrogen) atoms. The minimum Gasteiger partial charge on any atom is -0.459 e. The molecule has 2 amide bonds. The third-order valence-electron chi connectivity index (χ3n) is 5.30. The summed E-state index contributed by atoms with van der Waals surface area (Å²) in [7, 11) is 3.79. The minimum absolute atomic E-state index is 0.00840. The van der Waals surface area contributed by atoms with Gasteiger partial charge in [0.25, 0.3) is 11.8 Å². The minimum atomic E-state index is -2.39. The van der Waals surface area contributed by atoms with Crippen LogP contribution in [0.3, 0.4) is 0 Å². The Labute approximate surface area is 219 Å². The molecule has 194 valence electrons. The maximum absolute atomic E-state index is 13.0. The molecule has 12 heteroatoms. The van der Waals surface area contributed by atoms with E-state index in [1.54, 1.807) is 12.1 Å². The van der Waals surface area contributed by atoms with Crippen molar-refractivity contribution in [3.63, 3.8) is 0 Å². The van der Waals surface area contributed by atoms with Gasteiger partial charge < -0.3 is 20.0 Å². The number of nitrogens with zero attached hydrogens (tertiary/aromatic N) is 2. The Kier molecular flexibility index (Phi) is 8.04. The summed E-state index contributed by atoms with van der Waals surface area (Å²) in [5.41, 5.74) is 1.65. The number of carbonyl (C=O) groups excluding carboxylic acids is 3. The molecule has 3 aromatic rings. The van der Waals surface area contributed by atoms with Gasteiger partial charge in [-0.2, -0.15) is 0 Å². The second kappa shape index (κ2) is 11.6. The summed E-state index contributed by atoms with van der Waals surface area (Å²) >= 11 is -2.39. The Morgan fingerprint density at radius 3 is 2.37 bits per heavy atom. The van der Waals surface area contributed by atoms with Gasteiger partial charge in [-0.3, -0.25) is 14.4 Å². The van der Waals surface area contributed by atoms with Gasteiger partial charge >= 0.3 is 0 Å². The number of benzene rings is 2. The first-order chi connectivity index (χ1) is 18.2. The molecule has 1 aliphatic rings. The Balaban J connectivity index is 1.66. The van der Waals surface area contributed by atoms with Crippen LogP contribution in [0.2, 0.25) is 0 Å². The number of hydrogen-bond acceptors (Lipinski definition) is 8. The van der Waals surface area contributed by atoms with Crippen LogP contribution in [-0.2, 0) is 20.3 Å². The lowest BCUT2D eigenvalue weighted by molar-refractivity contribution is -0.111. The van der Waals surface area contributed by atoms with Gasteiger partial charge in [-0.15, -0.1) is 0 Å². The molecule has 1 heterocycles. The van der Waals surface area contributed by atoms with Gasteiger partial charge in [0.2, 0.25) is 16.9 Å². The number of allylic oxidation sites excluding steroid dienone is 2. The Morgan fingerprint density at radius 1 is 0.974 bits per heavy atom. The van der Waals surface area contributed by atoms with Crippen LogP contribution in [-0.4, -0.2) is 41.6 Å². The highest BCUT2D eigenvalue weighted by Gasteiger charge is 2.24. The molecule has 0 radical (unpaired) electrons. The fourth-order valence-electron chi connectivity index (χ4n) is 3.39. The number of aliphatic imine (C=N–C) groups is 1. The fraction of sp³-hybridized carbons (Fsp3) is 0.0769. The number of furan rings is 1. The van der Waals surface area contributed by atoms with Gasteiger partial charge in [0.15, 0.2) is 5.76 Å². The maximum Gasteiger partial charge on any atom is 0.291 e. The second-order valence-electron chi connectivity index (χ2n) is 8.10. The van der Waals surface area contributed by atoms with Crippen LogP contribution in [0.1, 0.15) is 20.9 Å². The molecule has 0 aliphatic heterocycles. The normalized spacial score (nSPS) is 14.9. The summed E-state index contributed by atoms with van der Waals surface area (Å²) in [5.74, 6) is -1.89. The SMILES string of the molecule is CN(C)c1ccc(N=C2C=C(NC(=O)c3ccco3)C(=O)C=C2NC(=O)c2cccc([S@](=O)OF)c2)cc1. The van der Waals surface area contributed by atoms with E-state index in [1.807, 2.05) is 31.1 Å². The van der Waals surface area contributed by atoms with Crippen molar-refractivity contribution in [3.05, 3.63) is 102 Å². The summed E-state index contributed by atoms with van der Waals surface area (Å²) in [5, 5.41) is 5.10. The first-order valence-corrected chi connectivity index (χ1v) is 12.1. The van der Waals surface area contributed by atoms with E-state index < -0.39 is 28.7 Å². The van der Waals surface area contributed by atoms with E-state index in [2.05, 4.69) is 20.0 Å². The predicted molar refractivity (Wildman–Crippen MR) is 138 cm³/mol. The highest BCUT2D eigenvalue weighted by molar-refractivity contribution is 7.80. The molecule has 1 atom stereocenters. The first-order valence-electron chi connectivity index (χ1n) is 11.1. The monoisotopic (exact) mass is 536 g/mol. The largest absolute Gasteiger partial charge is 0.459 e. The van der Waals surface area contributed by atoms with Crippen LogP contribution in [0, 0.1) is 0 Å². The number of anilines is 1. The average Bonchev–Trinajstić information content (AvgIpc) is 3.46. The maximum atomic E-state index is 13.0. The lowest BCUT2D eigenvalue weighted by Crippen LogP contribution is -2.34. The Morgan fingerprint density at radius 2 is 1.71 bits per heavy atom. The second-order valence-corrected chi connectivity index (χ2v) is 9.17. The third-order valence-corrected chi connectivity index (χ3v) is 6.05. The predicted octanol–water partition coefficient (Wildman–Crippen LogP) is 3.55. The molecule has 0 fully saturated rings. The zero-order chi connectivity index (χ0) is 27.2. The summed E-state index contributed by atoms with van der Waals surface area (Å²) in [6, 6.07) is 15.5. The smallest absolute Gasteiger partial charge is 0.291 e. The van der Waals surface area contributed by atoms with Crippen molar-refractivity contribution < 1.29 is 31.9 Å². The molecule has 0 bridgehead atoms. The van der Waals surface area contributed by atoms with Crippen LogP contribution in [0.4, 0.5) is 15.9 Å².